The van der Waals surface area contributed by atoms with Crippen molar-refractivity contribution >= 4 is 23.7 Å². The SMILES string of the molecule is CC(C)(C)OC(=O)NCCCC(=O)OCC(=O)Nc1ccccc1-c1ccccc1. The van der Waals surface area contributed by atoms with Crippen LogP contribution in [0.1, 0.15) is 33.6 Å². The summed E-state index contributed by atoms with van der Waals surface area (Å²) in [6.45, 7) is 5.22. The Morgan fingerprint density at radius 1 is 0.933 bits per heavy atom. The number of carbonyl (C=O) groups excluding carboxylic acids is 3. The zero-order valence-corrected chi connectivity index (χ0v) is 17.6. The zero-order valence-electron chi connectivity index (χ0n) is 17.6. The van der Waals surface area contributed by atoms with Crippen LogP contribution in [0.25, 0.3) is 11.1 Å². The maximum absolute atomic E-state index is 12.2. The monoisotopic (exact) mass is 412 g/mol. The Balaban J connectivity index is 1.73. The Kier molecular flexibility index (Phi) is 8.41. The Bertz CT molecular complexity index is 859. The molecular formula is C23H28N2O5. The first-order valence-corrected chi connectivity index (χ1v) is 9.81. The van der Waals surface area contributed by atoms with E-state index in [1.54, 1.807) is 26.8 Å². The molecular weight excluding hydrogens is 384 g/mol. The molecule has 0 heterocycles. The summed E-state index contributed by atoms with van der Waals surface area (Å²) in [4.78, 5) is 35.5. The fourth-order valence-corrected chi connectivity index (χ4v) is 2.60. The summed E-state index contributed by atoms with van der Waals surface area (Å²) >= 11 is 0. The molecule has 7 heteroatoms. The van der Waals surface area contributed by atoms with Crippen molar-refractivity contribution in [1.29, 1.82) is 0 Å². The molecule has 0 aliphatic heterocycles. The van der Waals surface area contributed by atoms with Crippen molar-refractivity contribution in [3.05, 3.63) is 54.6 Å². The van der Waals surface area contributed by atoms with E-state index >= 15 is 0 Å². The molecule has 0 aromatic heterocycles. The van der Waals surface area contributed by atoms with Gasteiger partial charge in [0.25, 0.3) is 5.91 Å². The van der Waals surface area contributed by atoms with Gasteiger partial charge in [-0.1, -0.05) is 48.5 Å². The second-order valence-corrected chi connectivity index (χ2v) is 7.65. The number of hydrogen-bond donors (Lipinski definition) is 2. The Morgan fingerprint density at radius 3 is 2.30 bits per heavy atom. The lowest BCUT2D eigenvalue weighted by Crippen LogP contribution is -2.33. The van der Waals surface area contributed by atoms with Crippen LogP contribution < -0.4 is 10.6 Å². The van der Waals surface area contributed by atoms with Gasteiger partial charge in [0.1, 0.15) is 5.60 Å². The molecule has 30 heavy (non-hydrogen) atoms. The van der Waals surface area contributed by atoms with Crippen LogP contribution in [0.3, 0.4) is 0 Å². The van der Waals surface area contributed by atoms with Crippen LogP contribution in [0.15, 0.2) is 54.6 Å². The molecule has 7 nitrogen and oxygen atoms in total. The third-order valence-electron chi connectivity index (χ3n) is 3.88. The highest BCUT2D eigenvalue weighted by atomic mass is 16.6. The van der Waals surface area contributed by atoms with E-state index in [9.17, 15) is 14.4 Å². The number of esters is 1. The maximum atomic E-state index is 12.2. The lowest BCUT2D eigenvalue weighted by Gasteiger charge is -2.19. The zero-order chi connectivity index (χ0) is 22.0. The van der Waals surface area contributed by atoms with E-state index in [1.165, 1.54) is 0 Å². The number of amides is 2. The molecule has 2 N–H and O–H groups in total. The first-order chi connectivity index (χ1) is 14.2. The quantitative estimate of drug-likeness (QED) is 0.502. The molecule has 0 aliphatic rings. The molecule has 2 aromatic carbocycles. The third-order valence-corrected chi connectivity index (χ3v) is 3.88. The molecule has 0 aliphatic carbocycles. The summed E-state index contributed by atoms with van der Waals surface area (Å²) < 4.78 is 10.1. The number of benzene rings is 2. The van der Waals surface area contributed by atoms with E-state index in [2.05, 4.69) is 10.6 Å². The van der Waals surface area contributed by atoms with Gasteiger partial charge in [0.15, 0.2) is 6.61 Å². The van der Waals surface area contributed by atoms with E-state index in [0.717, 1.165) is 11.1 Å². The van der Waals surface area contributed by atoms with Crippen LogP contribution in [0.2, 0.25) is 0 Å². The van der Waals surface area contributed by atoms with Crippen molar-refractivity contribution in [1.82, 2.24) is 5.32 Å². The summed E-state index contributed by atoms with van der Waals surface area (Å²) in [6, 6.07) is 17.1. The molecule has 0 radical (unpaired) electrons. The lowest BCUT2D eigenvalue weighted by atomic mass is 10.0. The number of rotatable bonds is 8. The molecule has 0 unspecified atom stereocenters. The molecule has 2 amide bonds. The first-order valence-electron chi connectivity index (χ1n) is 9.81. The average molecular weight is 412 g/mol. The third kappa shape index (κ3) is 8.34. The van der Waals surface area contributed by atoms with E-state index < -0.39 is 23.6 Å². The standard InChI is InChI=1S/C23H28N2O5/c1-23(2,3)30-22(28)24-15-9-14-21(27)29-16-20(26)25-19-13-8-7-12-18(19)17-10-5-4-6-11-17/h4-8,10-13H,9,14-16H2,1-3H3,(H,24,28)(H,25,26). The smallest absolute Gasteiger partial charge is 0.407 e. The van der Waals surface area contributed by atoms with E-state index in [4.69, 9.17) is 9.47 Å². The van der Waals surface area contributed by atoms with E-state index in [1.807, 2.05) is 48.5 Å². The molecule has 160 valence electrons. The number of carbonyl (C=O) groups is 3. The minimum absolute atomic E-state index is 0.0870. The van der Waals surface area contributed by atoms with E-state index in [-0.39, 0.29) is 19.6 Å². The van der Waals surface area contributed by atoms with Gasteiger partial charge < -0.3 is 20.1 Å². The van der Waals surface area contributed by atoms with Crippen LogP contribution in [-0.4, -0.2) is 36.7 Å². The summed E-state index contributed by atoms with van der Waals surface area (Å²) in [7, 11) is 0. The highest BCUT2D eigenvalue weighted by molar-refractivity contribution is 5.96. The van der Waals surface area contributed by atoms with Gasteiger partial charge in [-0.3, -0.25) is 9.59 Å². The molecule has 0 saturated carbocycles. The van der Waals surface area contributed by atoms with Crippen molar-refractivity contribution in [3.63, 3.8) is 0 Å². The minimum Gasteiger partial charge on any atom is -0.456 e. The van der Waals surface area contributed by atoms with Crippen molar-refractivity contribution < 1.29 is 23.9 Å². The Labute approximate surface area is 176 Å². The summed E-state index contributed by atoms with van der Waals surface area (Å²) in [6.07, 6.45) is -0.0624. The van der Waals surface area contributed by atoms with Crippen LogP contribution >= 0.6 is 0 Å². The second kappa shape index (κ2) is 11.0. The van der Waals surface area contributed by atoms with E-state index in [0.29, 0.717) is 12.1 Å². The van der Waals surface area contributed by atoms with Gasteiger partial charge in [-0.25, -0.2) is 4.79 Å². The van der Waals surface area contributed by atoms with Gasteiger partial charge in [0.2, 0.25) is 0 Å². The summed E-state index contributed by atoms with van der Waals surface area (Å²) in [5.74, 6) is -0.925. The molecule has 0 fully saturated rings. The number of alkyl carbamates (subject to hydrolysis) is 1. The molecule has 0 bridgehead atoms. The van der Waals surface area contributed by atoms with Gasteiger partial charge >= 0.3 is 12.1 Å². The summed E-state index contributed by atoms with van der Waals surface area (Å²) in [5, 5.41) is 5.34. The largest absolute Gasteiger partial charge is 0.456 e. The van der Waals surface area contributed by atoms with Crippen LogP contribution in [0.4, 0.5) is 10.5 Å². The number of para-hydroxylation sites is 1. The summed E-state index contributed by atoms with van der Waals surface area (Å²) in [5.41, 5.74) is 1.93. The predicted molar refractivity (Wildman–Crippen MR) is 115 cm³/mol. The molecule has 0 atom stereocenters. The fourth-order valence-electron chi connectivity index (χ4n) is 2.60. The number of ether oxygens (including phenoxy) is 2. The predicted octanol–water partition coefficient (Wildman–Crippen LogP) is 4.14. The normalized spacial score (nSPS) is 10.8. The van der Waals surface area contributed by atoms with Gasteiger partial charge in [-0.05, 0) is 38.8 Å². The van der Waals surface area contributed by atoms with Crippen LogP contribution in [0.5, 0.6) is 0 Å². The van der Waals surface area contributed by atoms with Crippen LogP contribution in [0, 0.1) is 0 Å². The van der Waals surface area contributed by atoms with Gasteiger partial charge in [0.05, 0.1) is 0 Å². The van der Waals surface area contributed by atoms with Gasteiger partial charge in [-0.2, -0.15) is 0 Å². The molecule has 2 aromatic rings. The lowest BCUT2D eigenvalue weighted by molar-refractivity contribution is -0.147. The van der Waals surface area contributed by atoms with Crippen molar-refractivity contribution in [2.24, 2.45) is 0 Å². The minimum atomic E-state index is -0.574. The maximum Gasteiger partial charge on any atom is 0.407 e. The average Bonchev–Trinajstić information content (AvgIpc) is 2.69. The topological polar surface area (TPSA) is 93.7 Å². The number of nitrogens with one attached hydrogen (secondary N) is 2. The first kappa shape index (κ1) is 22.9. The number of anilines is 1. The Morgan fingerprint density at radius 2 is 1.60 bits per heavy atom. The molecule has 2 rings (SSSR count). The van der Waals surface area contributed by atoms with Crippen LogP contribution in [-0.2, 0) is 19.1 Å². The van der Waals surface area contributed by atoms with Crippen molar-refractivity contribution in [2.45, 2.75) is 39.2 Å². The highest BCUT2D eigenvalue weighted by Crippen LogP contribution is 2.27. The second-order valence-electron chi connectivity index (χ2n) is 7.65. The highest BCUT2D eigenvalue weighted by Gasteiger charge is 2.16. The van der Waals surface area contributed by atoms with Crippen molar-refractivity contribution in [3.8, 4) is 11.1 Å². The fraction of sp³-hybridized carbons (Fsp3) is 0.348. The van der Waals surface area contributed by atoms with Gasteiger partial charge in [0, 0.05) is 24.2 Å². The molecule has 0 spiro atoms. The van der Waals surface area contributed by atoms with Gasteiger partial charge in [-0.15, -0.1) is 0 Å². The van der Waals surface area contributed by atoms with Crippen molar-refractivity contribution in [2.75, 3.05) is 18.5 Å². The molecule has 0 saturated heterocycles. The Hall–Kier alpha value is -3.35. The number of hydrogen-bond acceptors (Lipinski definition) is 5.